The number of aryl methyl sites for hydroxylation is 1. The summed E-state index contributed by atoms with van der Waals surface area (Å²) in [5, 5.41) is 11.9. The lowest BCUT2D eigenvalue weighted by molar-refractivity contribution is -0.0868. The number of carbonyl (C=O) groups is 1. The molecule has 4 aliphatic rings. The van der Waals surface area contributed by atoms with E-state index in [1.807, 2.05) is 13.0 Å². The largest absolute Gasteiger partial charge is 0.490 e. The lowest BCUT2D eigenvalue weighted by atomic mass is 9.63. The lowest BCUT2D eigenvalue weighted by Gasteiger charge is -2.49. The van der Waals surface area contributed by atoms with E-state index in [1.165, 1.54) is 11.1 Å². The molecule has 7 atom stereocenters. The van der Waals surface area contributed by atoms with Gasteiger partial charge in [0.1, 0.15) is 5.75 Å². The third-order valence-electron chi connectivity index (χ3n) is 10.9. The fraction of sp³-hybridized carbons (Fsp3) is 0.618. The van der Waals surface area contributed by atoms with Gasteiger partial charge in [0.05, 0.1) is 23.1 Å². The van der Waals surface area contributed by atoms with Crippen LogP contribution >= 0.6 is 11.6 Å². The SMILES string of the molecule is CCCc1cc(Cl)ccc1[C@]1(C)COc2ccc3cc2N(C[C@@H]2CC[C@H]2[C@](C)(O)[C@H]2C[C@@H]2CC[C@@H](C)S(=O)(=O)NC3=O)C1. The van der Waals surface area contributed by atoms with Crippen molar-refractivity contribution in [3.63, 3.8) is 0 Å². The zero-order valence-electron chi connectivity index (χ0n) is 25.7. The van der Waals surface area contributed by atoms with Gasteiger partial charge in [0, 0.05) is 29.1 Å². The molecule has 43 heavy (non-hydrogen) atoms. The number of hydrogen-bond donors (Lipinski definition) is 2. The van der Waals surface area contributed by atoms with E-state index in [2.05, 4.69) is 35.6 Å². The minimum absolute atomic E-state index is 0.174. The number of halogens is 1. The molecule has 2 fully saturated rings. The Balaban J connectivity index is 1.42. The average Bonchev–Trinajstić information content (AvgIpc) is 3.73. The molecular weight excluding hydrogens is 584 g/mol. The molecule has 2 aromatic carbocycles. The van der Waals surface area contributed by atoms with Crippen molar-refractivity contribution in [2.75, 3.05) is 24.6 Å². The average molecular weight is 629 g/mol. The molecule has 2 N–H and O–H groups in total. The highest BCUT2D eigenvalue weighted by Gasteiger charge is 2.56. The van der Waals surface area contributed by atoms with E-state index in [1.54, 1.807) is 25.1 Å². The number of amides is 1. The summed E-state index contributed by atoms with van der Waals surface area (Å²) in [6.45, 7) is 9.88. The van der Waals surface area contributed by atoms with Gasteiger partial charge >= 0.3 is 0 Å². The number of hydrogen-bond acceptors (Lipinski definition) is 6. The number of sulfonamides is 1. The molecule has 1 amide bonds. The molecule has 0 unspecified atom stereocenters. The summed E-state index contributed by atoms with van der Waals surface area (Å²) in [6.07, 6.45) is 6.05. The fourth-order valence-corrected chi connectivity index (χ4v) is 9.28. The van der Waals surface area contributed by atoms with Gasteiger partial charge in [-0.25, -0.2) is 13.1 Å². The van der Waals surface area contributed by atoms with Crippen molar-refractivity contribution in [3.8, 4) is 5.75 Å². The second kappa shape index (κ2) is 11.3. The number of anilines is 1. The third-order valence-corrected chi connectivity index (χ3v) is 12.9. The molecule has 2 bridgehead atoms. The Bertz CT molecular complexity index is 1510. The zero-order valence-corrected chi connectivity index (χ0v) is 27.3. The van der Waals surface area contributed by atoms with Crippen molar-refractivity contribution >= 4 is 33.2 Å². The normalized spacial score (nSPS) is 35.3. The predicted octanol–water partition coefficient (Wildman–Crippen LogP) is 6.10. The number of rotatable bonds is 3. The highest BCUT2D eigenvalue weighted by molar-refractivity contribution is 7.90. The van der Waals surface area contributed by atoms with Gasteiger partial charge in [0.25, 0.3) is 5.91 Å². The van der Waals surface area contributed by atoms with Crippen LogP contribution in [0.15, 0.2) is 36.4 Å². The number of aliphatic hydroxyl groups is 1. The molecule has 2 aliphatic carbocycles. The van der Waals surface area contributed by atoms with Crippen LogP contribution < -0.4 is 14.4 Å². The molecule has 0 radical (unpaired) electrons. The van der Waals surface area contributed by atoms with E-state index in [4.69, 9.17) is 16.3 Å². The number of nitrogens with zero attached hydrogens (tertiary/aromatic N) is 1. The first-order valence-electron chi connectivity index (χ1n) is 15.9. The lowest BCUT2D eigenvalue weighted by Crippen LogP contribution is -2.52. The Morgan fingerprint density at radius 1 is 1.07 bits per heavy atom. The zero-order chi connectivity index (χ0) is 30.7. The van der Waals surface area contributed by atoms with Crippen molar-refractivity contribution in [3.05, 3.63) is 58.1 Å². The predicted molar refractivity (Wildman–Crippen MR) is 170 cm³/mol. The Morgan fingerprint density at radius 3 is 2.56 bits per heavy atom. The molecule has 6 rings (SSSR count). The molecule has 234 valence electrons. The molecule has 7 nitrogen and oxygen atoms in total. The topological polar surface area (TPSA) is 95.9 Å². The van der Waals surface area contributed by atoms with Crippen LogP contribution in [0, 0.1) is 23.7 Å². The quantitative estimate of drug-likeness (QED) is 0.426. The van der Waals surface area contributed by atoms with Crippen LogP contribution in [0.3, 0.4) is 0 Å². The van der Waals surface area contributed by atoms with Crippen LogP contribution in [0.2, 0.25) is 5.02 Å². The monoisotopic (exact) mass is 628 g/mol. The Kier molecular flexibility index (Phi) is 8.04. The van der Waals surface area contributed by atoms with E-state index in [0.717, 1.165) is 55.8 Å². The fourth-order valence-electron chi connectivity index (χ4n) is 8.06. The summed E-state index contributed by atoms with van der Waals surface area (Å²) < 4.78 is 35.1. The summed E-state index contributed by atoms with van der Waals surface area (Å²) in [4.78, 5) is 15.7. The molecule has 2 heterocycles. The molecule has 0 aromatic heterocycles. The molecule has 2 aromatic rings. The van der Waals surface area contributed by atoms with Gasteiger partial charge in [-0.2, -0.15) is 0 Å². The first kappa shape index (κ1) is 30.7. The minimum Gasteiger partial charge on any atom is -0.490 e. The standard InChI is InChI=1S/C34H45ClN2O5S/c1-5-6-22-15-26(35)11-13-27(22)33(3)19-37-18-25-9-12-28(25)34(4,39)29-16-23(29)8-7-21(2)43(40,41)36-32(38)24-10-14-31(42-20-33)30(37)17-24/h10-11,13-15,17,21,23,25,28-29,39H,5-9,12,16,18-20H2,1-4H3,(H,36,38)/t21-,23+,25+,28-,29+,33+,34+/m1/s1. The van der Waals surface area contributed by atoms with Crippen LogP contribution in [0.1, 0.15) is 87.7 Å². The molecule has 0 spiro atoms. The first-order chi connectivity index (χ1) is 20.3. The number of carbonyl (C=O) groups excluding carboxylic acids is 1. The molecule has 9 heteroatoms. The second-order valence-corrected chi connectivity index (χ2v) is 16.6. The summed E-state index contributed by atoms with van der Waals surface area (Å²) >= 11 is 6.44. The summed E-state index contributed by atoms with van der Waals surface area (Å²) in [6, 6.07) is 11.4. The van der Waals surface area contributed by atoms with E-state index < -0.39 is 26.8 Å². The maximum atomic E-state index is 13.3. The first-order valence-corrected chi connectivity index (χ1v) is 17.8. The van der Waals surface area contributed by atoms with Crippen LogP contribution in [-0.2, 0) is 21.9 Å². The third kappa shape index (κ3) is 5.80. The Morgan fingerprint density at radius 2 is 1.84 bits per heavy atom. The van der Waals surface area contributed by atoms with Gasteiger partial charge in [0.15, 0.2) is 0 Å². The van der Waals surface area contributed by atoms with Crippen molar-refractivity contribution < 1.29 is 23.1 Å². The second-order valence-electron chi connectivity index (χ2n) is 14.1. The van der Waals surface area contributed by atoms with Gasteiger partial charge in [-0.1, -0.05) is 37.9 Å². The van der Waals surface area contributed by atoms with Gasteiger partial charge in [-0.15, -0.1) is 0 Å². The van der Waals surface area contributed by atoms with E-state index in [9.17, 15) is 18.3 Å². The highest BCUT2D eigenvalue weighted by Crippen LogP contribution is 2.57. The Labute approximate surface area is 261 Å². The summed E-state index contributed by atoms with van der Waals surface area (Å²) in [7, 11) is -3.86. The smallest absolute Gasteiger partial charge is 0.264 e. The van der Waals surface area contributed by atoms with Gasteiger partial charge in [-0.05, 0) is 118 Å². The van der Waals surface area contributed by atoms with Gasteiger partial charge in [-0.3, -0.25) is 4.79 Å². The number of fused-ring (bicyclic) bond motifs is 3. The van der Waals surface area contributed by atoms with Gasteiger partial charge in [0.2, 0.25) is 10.0 Å². The summed E-state index contributed by atoms with van der Waals surface area (Å²) in [5.41, 5.74) is 2.33. The molecule has 2 aliphatic heterocycles. The number of nitrogens with one attached hydrogen (secondary N) is 1. The van der Waals surface area contributed by atoms with E-state index in [-0.39, 0.29) is 22.8 Å². The summed E-state index contributed by atoms with van der Waals surface area (Å²) in [5.74, 6) is 1.03. The van der Waals surface area contributed by atoms with Gasteiger partial charge < -0.3 is 14.7 Å². The van der Waals surface area contributed by atoms with Crippen LogP contribution in [0.5, 0.6) is 5.75 Å². The van der Waals surface area contributed by atoms with Crippen molar-refractivity contribution in [1.82, 2.24) is 4.72 Å². The van der Waals surface area contributed by atoms with E-state index in [0.29, 0.717) is 37.2 Å². The van der Waals surface area contributed by atoms with Crippen molar-refractivity contribution in [2.24, 2.45) is 23.7 Å². The van der Waals surface area contributed by atoms with E-state index >= 15 is 0 Å². The Hall–Kier alpha value is -2.29. The van der Waals surface area contributed by atoms with Crippen LogP contribution in [0.25, 0.3) is 0 Å². The van der Waals surface area contributed by atoms with Crippen LogP contribution in [-0.4, -0.2) is 50.0 Å². The number of benzene rings is 2. The van der Waals surface area contributed by atoms with Crippen LogP contribution in [0.4, 0.5) is 5.69 Å². The number of ether oxygens (including phenoxy) is 1. The maximum absolute atomic E-state index is 13.3. The molecule has 0 saturated heterocycles. The maximum Gasteiger partial charge on any atom is 0.264 e. The molecule has 2 saturated carbocycles. The molecular formula is C34H45ClN2O5S. The highest BCUT2D eigenvalue weighted by atomic mass is 35.5. The van der Waals surface area contributed by atoms with Crippen molar-refractivity contribution in [1.29, 1.82) is 0 Å². The minimum atomic E-state index is -3.86. The van der Waals surface area contributed by atoms with Crippen molar-refractivity contribution in [2.45, 2.75) is 88.9 Å².